The highest BCUT2D eigenvalue weighted by atomic mass is 32.2. The van der Waals surface area contributed by atoms with Crippen molar-refractivity contribution in [2.24, 2.45) is 5.14 Å². The number of primary sulfonamides is 1. The first kappa shape index (κ1) is 19.5. The van der Waals surface area contributed by atoms with Crippen LogP contribution in [0.1, 0.15) is 23.1 Å². The van der Waals surface area contributed by atoms with Crippen molar-refractivity contribution in [3.8, 4) is 0 Å². The first-order chi connectivity index (χ1) is 12.8. The Labute approximate surface area is 160 Å². The predicted octanol–water partition coefficient (Wildman–Crippen LogP) is 1.75. The summed E-state index contributed by atoms with van der Waals surface area (Å²) in [7, 11) is -3.66. The van der Waals surface area contributed by atoms with Gasteiger partial charge < -0.3 is 10.2 Å². The van der Waals surface area contributed by atoms with E-state index in [-0.39, 0.29) is 17.3 Å². The lowest BCUT2D eigenvalue weighted by Gasteiger charge is -2.30. The van der Waals surface area contributed by atoms with Crippen molar-refractivity contribution >= 4 is 21.6 Å². The van der Waals surface area contributed by atoms with Gasteiger partial charge in [-0.1, -0.05) is 29.8 Å². The molecule has 1 aliphatic heterocycles. The molecule has 0 aliphatic carbocycles. The summed E-state index contributed by atoms with van der Waals surface area (Å²) in [5.74, 6) is 0.0735. The summed E-state index contributed by atoms with van der Waals surface area (Å²) >= 11 is 0. The summed E-state index contributed by atoms with van der Waals surface area (Å²) in [4.78, 5) is 14.6. The zero-order valence-corrected chi connectivity index (χ0v) is 16.3. The van der Waals surface area contributed by atoms with Gasteiger partial charge in [0.25, 0.3) is 0 Å². The molecule has 0 atom stereocenters. The van der Waals surface area contributed by atoms with Crippen LogP contribution < -0.4 is 15.4 Å². The number of carbonyl (C=O) groups is 1. The zero-order valence-electron chi connectivity index (χ0n) is 15.4. The molecule has 144 valence electrons. The standard InChI is InChI=1S/C20H25N3O3S/c1-15-4-9-19-17(13-15)3-2-12-23(19)20(24)14-22-11-10-16-5-7-18(8-6-16)27(21,25)26/h4-9,13,22H,2-3,10-12,14H2,1H3,(H2,21,25,26). The van der Waals surface area contributed by atoms with Gasteiger partial charge in [0.2, 0.25) is 15.9 Å². The quantitative estimate of drug-likeness (QED) is 0.739. The minimum absolute atomic E-state index is 0.0735. The van der Waals surface area contributed by atoms with E-state index >= 15 is 0 Å². The van der Waals surface area contributed by atoms with E-state index in [4.69, 9.17) is 5.14 Å². The molecule has 1 aliphatic rings. The molecule has 0 aromatic heterocycles. The molecule has 2 aromatic carbocycles. The van der Waals surface area contributed by atoms with Crippen LogP contribution in [0, 0.1) is 6.92 Å². The van der Waals surface area contributed by atoms with Crippen molar-refractivity contribution in [2.75, 3.05) is 24.5 Å². The highest BCUT2D eigenvalue weighted by Gasteiger charge is 2.21. The van der Waals surface area contributed by atoms with Crippen LogP contribution in [0.25, 0.3) is 0 Å². The van der Waals surface area contributed by atoms with Gasteiger partial charge >= 0.3 is 0 Å². The molecule has 27 heavy (non-hydrogen) atoms. The number of nitrogens with zero attached hydrogens (tertiary/aromatic N) is 1. The Balaban J connectivity index is 1.51. The van der Waals surface area contributed by atoms with Gasteiger partial charge in [-0.05, 0) is 62.1 Å². The molecule has 2 aromatic rings. The number of rotatable bonds is 6. The summed E-state index contributed by atoms with van der Waals surface area (Å²) in [6.07, 6.45) is 2.70. The normalized spacial score (nSPS) is 14.1. The fraction of sp³-hybridized carbons (Fsp3) is 0.350. The van der Waals surface area contributed by atoms with Crippen LogP contribution in [0.5, 0.6) is 0 Å². The number of nitrogens with one attached hydrogen (secondary N) is 1. The maximum absolute atomic E-state index is 12.6. The van der Waals surface area contributed by atoms with Crippen LogP contribution in [-0.2, 0) is 27.7 Å². The Hall–Kier alpha value is -2.22. The molecule has 0 bridgehead atoms. The summed E-state index contributed by atoms with van der Waals surface area (Å²) in [5, 5.41) is 8.28. The third-order valence-electron chi connectivity index (χ3n) is 4.77. The van der Waals surface area contributed by atoms with Gasteiger partial charge in [0.1, 0.15) is 0 Å². The highest BCUT2D eigenvalue weighted by Crippen LogP contribution is 2.27. The monoisotopic (exact) mass is 387 g/mol. The number of sulfonamides is 1. The molecule has 0 fully saturated rings. The molecular formula is C20H25N3O3S. The van der Waals surface area contributed by atoms with Crippen molar-refractivity contribution in [1.29, 1.82) is 0 Å². The van der Waals surface area contributed by atoms with Crippen LogP contribution in [0.15, 0.2) is 47.4 Å². The molecule has 1 amide bonds. The first-order valence-corrected chi connectivity index (χ1v) is 10.6. The number of aryl methyl sites for hydroxylation is 2. The van der Waals surface area contributed by atoms with E-state index < -0.39 is 10.0 Å². The molecule has 7 heteroatoms. The van der Waals surface area contributed by atoms with Gasteiger partial charge in [0.15, 0.2) is 0 Å². The van der Waals surface area contributed by atoms with Crippen LogP contribution in [0.2, 0.25) is 0 Å². The first-order valence-electron chi connectivity index (χ1n) is 9.07. The van der Waals surface area contributed by atoms with Crippen LogP contribution in [0.4, 0.5) is 5.69 Å². The topological polar surface area (TPSA) is 92.5 Å². The van der Waals surface area contributed by atoms with Gasteiger partial charge in [-0.25, -0.2) is 13.6 Å². The second-order valence-electron chi connectivity index (χ2n) is 6.90. The second-order valence-corrected chi connectivity index (χ2v) is 8.46. The Morgan fingerprint density at radius 3 is 2.63 bits per heavy atom. The van der Waals surface area contributed by atoms with E-state index in [1.54, 1.807) is 12.1 Å². The average Bonchev–Trinajstić information content (AvgIpc) is 2.64. The molecule has 1 heterocycles. The average molecular weight is 388 g/mol. The number of benzene rings is 2. The Morgan fingerprint density at radius 2 is 1.93 bits per heavy atom. The third-order valence-corrected chi connectivity index (χ3v) is 5.70. The zero-order chi connectivity index (χ0) is 19.4. The minimum Gasteiger partial charge on any atom is -0.311 e. The SMILES string of the molecule is Cc1ccc2c(c1)CCCN2C(=O)CNCCc1ccc(S(N)(=O)=O)cc1. The number of nitrogens with two attached hydrogens (primary N) is 1. The van der Waals surface area contributed by atoms with Crippen molar-refractivity contribution in [1.82, 2.24) is 5.32 Å². The van der Waals surface area contributed by atoms with Crippen LogP contribution >= 0.6 is 0 Å². The maximum atomic E-state index is 12.6. The fourth-order valence-corrected chi connectivity index (χ4v) is 3.87. The van der Waals surface area contributed by atoms with Gasteiger partial charge in [0, 0.05) is 12.2 Å². The Kier molecular flexibility index (Phi) is 5.94. The summed E-state index contributed by atoms with van der Waals surface area (Å²) in [6, 6.07) is 12.7. The number of carbonyl (C=O) groups excluding carboxylic acids is 1. The van der Waals surface area contributed by atoms with Crippen LogP contribution in [0.3, 0.4) is 0 Å². The van der Waals surface area contributed by atoms with E-state index in [1.165, 1.54) is 23.3 Å². The number of amides is 1. The van der Waals surface area contributed by atoms with E-state index in [1.807, 2.05) is 17.0 Å². The fourth-order valence-electron chi connectivity index (χ4n) is 3.35. The van der Waals surface area contributed by atoms with E-state index in [0.29, 0.717) is 13.0 Å². The predicted molar refractivity (Wildman–Crippen MR) is 106 cm³/mol. The van der Waals surface area contributed by atoms with Crippen molar-refractivity contribution in [3.05, 3.63) is 59.2 Å². The Bertz CT molecular complexity index is 924. The molecule has 3 rings (SSSR count). The van der Waals surface area contributed by atoms with Crippen LogP contribution in [-0.4, -0.2) is 34.0 Å². The highest BCUT2D eigenvalue weighted by molar-refractivity contribution is 7.89. The van der Waals surface area contributed by atoms with E-state index in [0.717, 1.165) is 30.6 Å². The number of fused-ring (bicyclic) bond motifs is 1. The summed E-state index contributed by atoms with van der Waals surface area (Å²) in [5.41, 5.74) is 4.47. The van der Waals surface area contributed by atoms with E-state index in [2.05, 4.69) is 18.3 Å². The lowest BCUT2D eigenvalue weighted by Crippen LogP contribution is -2.41. The lowest BCUT2D eigenvalue weighted by molar-refractivity contribution is -0.117. The molecule has 0 radical (unpaired) electrons. The summed E-state index contributed by atoms with van der Waals surface area (Å²) < 4.78 is 22.5. The van der Waals surface area contributed by atoms with Crippen molar-refractivity contribution in [3.63, 3.8) is 0 Å². The second kappa shape index (κ2) is 8.21. The molecule has 0 spiro atoms. The minimum atomic E-state index is -3.66. The Morgan fingerprint density at radius 1 is 1.19 bits per heavy atom. The van der Waals surface area contributed by atoms with Gasteiger partial charge in [-0.3, -0.25) is 4.79 Å². The summed E-state index contributed by atoms with van der Waals surface area (Å²) in [6.45, 7) is 3.74. The van der Waals surface area contributed by atoms with Gasteiger partial charge in [-0.2, -0.15) is 0 Å². The number of anilines is 1. The largest absolute Gasteiger partial charge is 0.311 e. The third kappa shape index (κ3) is 4.94. The van der Waals surface area contributed by atoms with E-state index in [9.17, 15) is 13.2 Å². The molecule has 3 N–H and O–H groups in total. The maximum Gasteiger partial charge on any atom is 0.240 e. The number of hydrogen-bond acceptors (Lipinski definition) is 4. The lowest BCUT2D eigenvalue weighted by atomic mass is 9.99. The smallest absolute Gasteiger partial charge is 0.240 e. The van der Waals surface area contributed by atoms with Crippen molar-refractivity contribution < 1.29 is 13.2 Å². The number of hydrogen-bond donors (Lipinski definition) is 2. The molecule has 0 unspecified atom stereocenters. The molecule has 6 nitrogen and oxygen atoms in total. The molecule has 0 saturated carbocycles. The molecular weight excluding hydrogens is 362 g/mol. The molecule has 0 saturated heterocycles. The van der Waals surface area contributed by atoms with Gasteiger partial charge in [0.05, 0.1) is 11.4 Å². The van der Waals surface area contributed by atoms with Gasteiger partial charge in [-0.15, -0.1) is 0 Å². The van der Waals surface area contributed by atoms with Crippen molar-refractivity contribution in [2.45, 2.75) is 31.1 Å².